The highest BCUT2D eigenvalue weighted by Gasteiger charge is 2.40. The first kappa shape index (κ1) is 70.0. The molecule has 1 aliphatic heterocycles. The molecule has 0 spiro atoms. The highest BCUT2D eigenvalue weighted by molar-refractivity contribution is 8.00. The van der Waals surface area contributed by atoms with E-state index in [1.807, 2.05) is 7.05 Å². The van der Waals surface area contributed by atoms with Gasteiger partial charge in [-0.2, -0.15) is 0 Å². The maximum Gasteiger partial charge on any atom is 0.244 e. The summed E-state index contributed by atoms with van der Waals surface area (Å²) in [5, 5.41) is 23.5. The number of ether oxygens (including phenoxy) is 2. The predicted molar refractivity (Wildman–Crippen MR) is 290 cm³/mol. The van der Waals surface area contributed by atoms with Crippen molar-refractivity contribution in [3.05, 3.63) is 0 Å². The largest absolute Gasteiger partial charge is 0.379 e. The van der Waals surface area contributed by atoms with E-state index in [1.54, 1.807) is 13.8 Å². The summed E-state index contributed by atoms with van der Waals surface area (Å²) < 4.78 is 11.1. The number of carbonyl (C=O) groups excluding carboxylic acids is 12. The first-order valence-corrected chi connectivity index (χ1v) is 28.1. The zero-order valence-corrected chi connectivity index (χ0v) is 46.9. The molecule has 1 aliphatic rings. The predicted octanol–water partition coefficient (Wildman–Crippen LogP) is -2.90. The number of rotatable bonds is 46. The summed E-state index contributed by atoms with van der Waals surface area (Å²) in [5.41, 5.74) is 16.6. The Morgan fingerprint density at radius 1 is 0.564 bits per heavy atom. The topological polar surface area (TPSA) is 413 Å². The number of primary amides is 2. The smallest absolute Gasteiger partial charge is 0.244 e. The quantitative estimate of drug-likeness (QED) is 0.0215. The maximum absolute atomic E-state index is 13.5. The van der Waals surface area contributed by atoms with Gasteiger partial charge in [-0.05, 0) is 97.2 Å². The molecule has 78 heavy (non-hydrogen) atoms. The van der Waals surface area contributed by atoms with Gasteiger partial charge >= 0.3 is 0 Å². The molecule has 15 N–H and O–H groups in total. The van der Waals surface area contributed by atoms with Gasteiger partial charge in [0.2, 0.25) is 70.9 Å². The van der Waals surface area contributed by atoms with Gasteiger partial charge < -0.3 is 74.5 Å². The van der Waals surface area contributed by atoms with Crippen molar-refractivity contribution in [1.29, 1.82) is 0 Å². The molecule has 27 nitrogen and oxygen atoms in total. The number of nitrogens with zero attached hydrogens (tertiary/aromatic N) is 1. The summed E-state index contributed by atoms with van der Waals surface area (Å²) in [6, 6.07) is -4.92. The van der Waals surface area contributed by atoms with Gasteiger partial charge in [-0.25, -0.2) is 0 Å². The van der Waals surface area contributed by atoms with Crippen molar-refractivity contribution in [2.45, 2.75) is 165 Å². The van der Waals surface area contributed by atoms with Gasteiger partial charge in [-0.15, -0.1) is 11.8 Å². The minimum Gasteiger partial charge on any atom is -0.379 e. The van der Waals surface area contributed by atoms with Crippen LogP contribution >= 0.6 is 11.8 Å². The fourth-order valence-corrected chi connectivity index (χ4v) is 8.89. The van der Waals surface area contributed by atoms with Crippen molar-refractivity contribution in [1.82, 2.24) is 52.8 Å². The molecule has 0 saturated carbocycles. The molecule has 1 fully saturated rings. The summed E-state index contributed by atoms with van der Waals surface area (Å²) in [4.78, 5) is 152. The lowest BCUT2D eigenvalue weighted by Gasteiger charge is -2.22. The SMILES string of the molecule is CCC(=O)NCCCCC(NC(=O)CCOCCOCCNC(=O)C(CCCCNC)NC(=O)CC)C(=O)NC(CCCCNC(=O)CCN1C(=O)CC(SCC(NC(C)=O)C(=O)NC(CCCCN)C(N)=O)C1=O)C(N)=O. The molecule has 6 unspecified atom stereocenters. The standard InChI is InChI=1S/C50H89N13O14S/c1-5-40(65)55-23-14-10-18-37(60-43(68)20-27-76-29-30-77-28-25-57-47(72)36(59-41(66)6-2)17-8-12-22-54-4)48(73)61-35(46(53)71)16-9-13-24-56-42(67)19-26-63-44(69)31-39(50(63)75)78-32-38(58-33(3)64)49(74)62-34(45(52)70)15-7-11-21-51/h34-39,54H,5-32,51H2,1-4H3,(H2,52,70)(H2,53,71)(H,55,65)(H,56,67)(H,57,72)(H,58,64)(H,59,66)(H,60,68)(H,61,73)(H,62,74). The van der Waals surface area contributed by atoms with E-state index in [2.05, 4.69) is 47.9 Å². The Balaban J connectivity index is 2.62. The number of carbonyl (C=O) groups is 12. The van der Waals surface area contributed by atoms with Gasteiger partial charge in [0.05, 0.1) is 31.7 Å². The third-order valence-corrected chi connectivity index (χ3v) is 13.5. The number of hydrogen-bond donors (Lipinski definition) is 12. The Hall–Kier alpha value is -5.97. The van der Waals surface area contributed by atoms with Crippen LogP contribution in [0.2, 0.25) is 0 Å². The normalized spacial score (nSPS) is 15.0. The van der Waals surface area contributed by atoms with Crippen LogP contribution in [0.5, 0.6) is 0 Å². The van der Waals surface area contributed by atoms with Gasteiger partial charge in [-0.1, -0.05) is 13.8 Å². The van der Waals surface area contributed by atoms with E-state index in [-0.39, 0.29) is 114 Å². The third kappa shape index (κ3) is 31.4. The second-order valence-corrected chi connectivity index (χ2v) is 19.9. The average Bonchev–Trinajstić information content (AvgIpc) is 3.67. The van der Waals surface area contributed by atoms with Crippen LogP contribution in [0.1, 0.15) is 130 Å². The summed E-state index contributed by atoms with van der Waals surface area (Å²) in [6.07, 6.45) is 5.59. The molecule has 12 amide bonds. The van der Waals surface area contributed by atoms with Gasteiger partial charge in [0.15, 0.2) is 0 Å². The van der Waals surface area contributed by atoms with E-state index < -0.39 is 88.6 Å². The highest BCUT2D eigenvalue weighted by Crippen LogP contribution is 2.26. The fraction of sp³-hybridized carbons (Fsp3) is 0.760. The Labute approximate surface area is 462 Å². The van der Waals surface area contributed by atoms with Crippen LogP contribution in [0, 0.1) is 0 Å². The molecule has 0 aromatic heterocycles. The number of imide groups is 1. The highest BCUT2D eigenvalue weighted by atomic mass is 32.2. The molecular weight excluding hydrogens is 1040 g/mol. The van der Waals surface area contributed by atoms with Gasteiger partial charge in [-0.3, -0.25) is 62.4 Å². The molecule has 0 aromatic rings. The lowest BCUT2D eigenvalue weighted by Crippen LogP contribution is -2.53. The fourth-order valence-electron chi connectivity index (χ4n) is 7.70. The Kier molecular flexibility index (Phi) is 37.7. The van der Waals surface area contributed by atoms with Crippen molar-refractivity contribution in [3.63, 3.8) is 0 Å². The molecule has 28 heteroatoms. The van der Waals surface area contributed by atoms with Gasteiger partial charge in [0.1, 0.15) is 30.2 Å². The van der Waals surface area contributed by atoms with Gasteiger partial charge in [0.25, 0.3) is 0 Å². The van der Waals surface area contributed by atoms with E-state index in [0.717, 1.165) is 36.0 Å². The molecule has 1 saturated heterocycles. The van der Waals surface area contributed by atoms with E-state index in [4.69, 9.17) is 26.7 Å². The van der Waals surface area contributed by atoms with Crippen LogP contribution in [0.25, 0.3) is 0 Å². The molecule has 0 aliphatic carbocycles. The number of thioether (sulfide) groups is 1. The van der Waals surface area contributed by atoms with Crippen LogP contribution in [0.3, 0.4) is 0 Å². The van der Waals surface area contributed by atoms with Crippen molar-refractivity contribution < 1.29 is 67.0 Å². The Morgan fingerprint density at radius 2 is 1.08 bits per heavy atom. The van der Waals surface area contributed by atoms with Gasteiger partial charge in [0, 0.05) is 71.0 Å². The first-order valence-electron chi connectivity index (χ1n) is 27.1. The molecule has 0 aromatic carbocycles. The molecule has 1 rings (SSSR count). The molecule has 444 valence electrons. The zero-order chi connectivity index (χ0) is 58.3. The van der Waals surface area contributed by atoms with E-state index in [9.17, 15) is 57.5 Å². The van der Waals surface area contributed by atoms with Crippen LogP contribution < -0.4 is 65.1 Å². The van der Waals surface area contributed by atoms with Crippen molar-refractivity contribution in [2.24, 2.45) is 17.2 Å². The zero-order valence-electron chi connectivity index (χ0n) is 46.1. The van der Waals surface area contributed by atoms with E-state index in [1.165, 1.54) is 6.92 Å². The number of unbranched alkanes of at least 4 members (excludes halogenated alkanes) is 4. The number of hydrogen-bond acceptors (Lipinski definition) is 17. The summed E-state index contributed by atoms with van der Waals surface area (Å²) in [6.45, 7) is 6.92. The molecule has 6 atom stereocenters. The maximum atomic E-state index is 13.5. The molecular formula is C50H89N13O14S. The molecule has 1 heterocycles. The van der Waals surface area contributed by atoms with Crippen molar-refractivity contribution in [2.75, 3.05) is 78.5 Å². The number of nitrogens with one attached hydrogen (secondary N) is 9. The number of likely N-dealkylation sites (tertiary alicyclic amines) is 1. The first-order chi connectivity index (χ1) is 37.3. The lowest BCUT2D eigenvalue weighted by molar-refractivity contribution is -0.139. The molecule has 0 bridgehead atoms. The Morgan fingerprint density at radius 3 is 1.63 bits per heavy atom. The van der Waals surface area contributed by atoms with Crippen molar-refractivity contribution >= 4 is 82.6 Å². The van der Waals surface area contributed by atoms with Crippen LogP contribution in [0.4, 0.5) is 0 Å². The lowest BCUT2D eigenvalue weighted by atomic mass is 10.1. The Bertz CT molecular complexity index is 1940. The van der Waals surface area contributed by atoms with Crippen LogP contribution in [0.15, 0.2) is 0 Å². The second-order valence-electron chi connectivity index (χ2n) is 18.6. The number of nitrogens with two attached hydrogens (primary N) is 3. The second kappa shape index (κ2) is 42.0. The number of amides is 12. The summed E-state index contributed by atoms with van der Waals surface area (Å²) >= 11 is 0.983. The minimum atomic E-state index is -1.14. The van der Waals surface area contributed by atoms with Crippen LogP contribution in [-0.4, -0.2) is 190 Å². The van der Waals surface area contributed by atoms with Crippen LogP contribution in [-0.2, 0) is 67.0 Å². The van der Waals surface area contributed by atoms with Crippen molar-refractivity contribution in [3.8, 4) is 0 Å². The van der Waals surface area contributed by atoms with E-state index >= 15 is 0 Å². The third-order valence-electron chi connectivity index (χ3n) is 12.2. The minimum absolute atomic E-state index is 0.00912. The average molecular weight is 1130 g/mol. The summed E-state index contributed by atoms with van der Waals surface area (Å²) in [7, 11) is 1.85. The summed E-state index contributed by atoms with van der Waals surface area (Å²) in [5.74, 6) is -6.15. The monoisotopic (exact) mass is 1130 g/mol. The molecule has 0 radical (unpaired) electrons. The van der Waals surface area contributed by atoms with E-state index in [0.29, 0.717) is 64.5 Å².